The maximum atomic E-state index is 13.2. The summed E-state index contributed by atoms with van der Waals surface area (Å²) in [6, 6.07) is 11.2. The highest BCUT2D eigenvalue weighted by molar-refractivity contribution is 9.11. The van der Waals surface area contributed by atoms with Crippen LogP contribution in [0.1, 0.15) is 42.1 Å². The lowest BCUT2D eigenvalue weighted by molar-refractivity contribution is -0.141. The fourth-order valence-corrected chi connectivity index (χ4v) is 5.87. The lowest BCUT2D eigenvalue weighted by Gasteiger charge is -2.32. The molecule has 0 aliphatic carbocycles. The number of likely N-dealkylation sites (tertiary alicyclic amines) is 1. The standard InChI is InChI=1S/C25H28Br2N4O4/c1-35-23(33)15-30-20-5-2-3-6-21(20)31(25(30)34)17-8-11-29(12-9-17)10-4-7-22(32)16-13-18(26)24(28)19(27)14-16/h2-3,5-6,13-14,17H,4,7-12,15,28H2,1H3. The van der Waals surface area contributed by atoms with Crippen LogP contribution >= 0.6 is 31.9 Å². The third-order valence-electron chi connectivity index (χ3n) is 6.59. The molecular formula is C25H28Br2N4O4. The second-order valence-electron chi connectivity index (χ2n) is 8.76. The number of nitrogen functional groups attached to an aromatic ring is 1. The summed E-state index contributed by atoms with van der Waals surface area (Å²) in [6.45, 7) is 2.42. The van der Waals surface area contributed by atoms with Gasteiger partial charge in [-0.25, -0.2) is 4.79 Å². The van der Waals surface area contributed by atoms with E-state index < -0.39 is 5.97 Å². The summed E-state index contributed by atoms with van der Waals surface area (Å²) >= 11 is 6.79. The lowest BCUT2D eigenvalue weighted by Crippen LogP contribution is -2.38. The number of nitrogens with two attached hydrogens (primary N) is 1. The number of benzene rings is 2. The molecule has 0 radical (unpaired) electrons. The van der Waals surface area contributed by atoms with E-state index >= 15 is 0 Å². The maximum Gasteiger partial charge on any atom is 0.329 e. The number of anilines is 1. The number of fused-ring (bicyclic) bond motifs is 1. The predicted octanol–water partition coefficient (Wildman–Crippen LogP) is 4.38. The molecule has 1 fully saturated rings. The van der Waals surface area contributed by atoms with Gasteiger partial charge in [-0.05, 0) is 81.9 Å². The van der Waals surface area contributed by atoms with Crippen LogP contribution in [0.5, 0.6) is 0 Å². The molecule has 1 aliphatic heterocycles. The molecule has 8 nitrogen and oxygen atoms in total. The molecule has 0 amide bonds. The van der Waals surface area contributed by atoms with Gasteiger partial charge in [-0.15, -0.1) is 0 Å². The van der Waals surface area contributed by atoms with Gasteiger partial charge in [-0.2, -0.15) is 0 Å². The van der Waals surface area contributed by atoms with Crippen molar-refractivity contribution in [2.24, 2.45) is 0 Å². The molecule has 1 aliphatic rings. The number of carbonyl (C=O) groups is 2. The normalized spacial score (nSPS) is 14.9. The minimum Gasteiger partial charge on any atom is -0.468 e. The van der Waals surface area contributed by atoms with E-state index in [0.717, 1.165) is 49.9 Å². The van der Waals surface area contributed by atoms with E-state index in [1.807, 2.05) is 28.8 Å². The van der Waals surface area contributed by atoms with Crippen molar-refractivity contribution in [2.75, 3.05) is 32.5 Å². The van der Waals surface area contributed by atoms with Crippen LogP contribution in [0.2, 0.25) is 0 Å². The minimum atomic E-state index is -0.446. The highest BCUT2D eigenvalue weighted by atomic mass is 79.9. The zero-order chi connectivity index (χ0) is 25.1. The van der Waals surface area contributed by atoms with Crippen LogP contribution in [-0.4, -0.2) is 52.5 Å². The van der Waals surface area contributed by atoms with Gasteiger partial charge in [0.05, 0.1) is 23.8 Å². The SMILES string of the molecule is COC(=O)Cn1c(=O)n(C2CCN(CCCC(=O)c3cc(Br)c(N)c(Br)c3)CC2)c2ccccc21. The number of halogens is 2. The van der Waals surface area contributed by atoms with E-state index in [9.17, 15) is 14.4 Å². The molecule has 0 spiro atoms. The number of nitrogens with zero attached hydrogens (tertiary/aromatic N) is 3. The number of ketones is 1. The highest BCUT2D eigenvalue weighted by Gasteiger charge is 2.26. The first-order chi connectivity index (χ1) is 16.8. The van der Waals surface area contributed by atoms with Crippen molar-refractivity contribution in [2.45, 2.75) is 38.3 Å². The molecule has 0 bridgehead atoms. The van der Waals surface area contributed by atoms with Gasteiger partial charge in [0.2, 0.25) is 0 Å². The first kappa shape index (κ1) is 25.7. The van der Waals surface area contributed by atoms with E-state index in [1.54, 1.807) is 12.1 Å². The number of para-hydroxylation sites is 2. The largest absolute Gasteiger partial charge is 0.468 e. The third-order valence-corrected chi connectivity index (χ3v) is 7.90. The Hall–Kier alpha value is -2.43. The van der Waals surface area contributed by atoms with E-state index in [-0.39, 0.29) is 24.1 Å². The van der Waals surface area contributed by atoms with Crippen molar-refractivity contribution in [1.82, 2.24) is 14.0 Å². The van der Waals surface area contributed by atoms with Crippen LogP contribution in [0.3, 0.4) is 0 Å². The smallest absolute Gasteiger partial charge is 0.329 e. The number of rotatable bonds is 8. The number of methoxy groups -OCH3 is 1. The van der Waals surface area contributed by atoms with Crippen LogP contribution in [0.15, 0.2) is 50.1 Å². The average molecular weight is 608 g/mol. The molecule has 3 aromatic rings. The van der Waals surface area contributed by atoms with Crippen molar-refractivity contribution in [3.05, 3.63) is 61.4 Å². The number of hydrogen-bond donors (Lipinski definition) is 1. The van der Waals surface area contributed by atoms with Gasteiger partial charge in [0.15, 0.2) is 5.78 Å². The van der Waals surface area contributed by atoms with Crippen molar-refractivity contribution in [1.29, 1.82) is 0 Å². The number of esters is 1. The molecule has 2 N–H and O–H groups in total. The van der Waals surface area contributed by atoms with Crippen LogP contribution in [0.4, 0.5) is 5.69 Å². The molecule has 10 heteroatoms. The Balaban J connectivity index is 1.36. The first-order valence-electron chi connectivity index (χ1n) is 11.6. The van der Waals surface area contributed by atoms with Gasteiger partial charge < -0.3 is 15.4 Å². The molecular weight excluding hydrogens is 580 g/mol. The monoisotopic (exact) mass is 606 g/mol. The maximum absolute atomic E-state index is 13.2. The fourth-order valence-electron chi connectivity index (χ4n) is 4.69. The van der Waals surface area contributed by atoms with Gasteiger partial charge in [-0.3, -0.25) is 18.7 Å². The van der Waals surface area contributed by atoms with Crippen LogP contribution in [-0.2, 0) is 16.1 Å². The van der Waals surface area contributed by atoms with Crippen molar-refractivity contribution in [3.63, 3.8) is 0 Å². The third kappa shape index (κ3) is 5.54. The Kier molecular flexibility index (Phi) is 8.13. The Morgan fingerprint density at radius 2 is 1.71 bits per heavy atom. The van der Waals surface area contributed by atoms with Gasteiger partial charge in [0.1, 0.15) is 6.54 Å². The Morgan fingerprint density at radius 3 is 2.34 bits per heavy atom. The molecule has 2 aromatic carbocycles. The van der Waals surface area contributed by atoms with Gasteiger partial charge in [0.25, 0.3) is 0 Å². The number of imidazole rings is 1. The van der Waals surface area contributed by atoms with Crippen molar-refractivity contribution < 1.29 is 14.3 Å². The Morgan fingerprint density at radius 1 is 1.09 bits per heavy atom. The number of aromatic nitrogens is 2. The summed E-state index contributed by atoms with van der Waals surface area (Å²) in [4.78, 5) is 40.1. The van der Waals surface area contributed by atoms with Crippen molar-refractivity contribution in [3.8, 4) is 0 Å². The second-order valence-corrected chi connectivity index (χ2v) is 10.5. The van der Waals surface area contributed by atoms with E-state index in [2.05, 4.69) is 36.8 Å². The van der Waals surface area contributed by atoms with E-state index in [0.29, 0.717) is 26.6 Å². The predicted molar refractivity (Wildman–Crippen MR) is 143 cm³/mol. The molecule has 0 saturated carbocycles. The number of ether oxygens (including phenoxy) is 1. The molecule has 35 heavy (non-hydrogen) atoms. The van der Waals surface area contributed by atoms with Gasteiger partial charge in [0, 0.05) is 40.1 Å². The highest BCUT2D eigenvalue weighted by Crippen LogP contribution is 2.30. The Labute approximate surface area is 220 Å². The molecule has 0 atom stereocenters. The Bertz CT molecular complexity index is 1290. The quantitative estimate of drug-likeness (QED) is 0.232. The topological polar surface area (TPSA) is 99.6 Å². The van der Waals surface area contributed by atoms with E-state index in [1.165, 1.54) is 11.7 Å². The summed E-state index contributed by atoms with van der Waals surface area (Å²) in [5.74, 6) is -0.357. The zero-order valence-electron chi connectivity index (χ0n) is 19.5. The number of hydrogen-bond acceptors (Lipinski definition) is 6. The number of carbonyl (C=O) groups excluding carboxylic acids is 2. The first-order valence-corrected chi connectivity index (χ1v) is 13.2. The summed E-state index contributed by atoms with van der Waals surface area (Å²) in [5, 5.41) is 0. The van der Waals surface area contributed by atoms with Crippen molar-refractivity contribution >= 4 is 60.3 Å². The van der Waals surface area contributed by atoms with E-state index in [4.69, 9.17) is 10.5 Å². The minimum absolute atomic E-state index is 0.0636. The molecule has 0 unspecified atom stereocenters. The molecule has 1 saturated heterocycles. The molecule has 186 valence electrons. The molecule has 4 rings (SSSR count). The number of Topliss-reactive ketones (excluding diaryl/α,β-unsaturated/α-hetero) is 1. The fraction of sp³-hybridized carbons (Fsp3) is 0.400. The lowest BCUT2D eigenvalue weighted by atomic mass is 10.0. The number of piperidine rings is 1. The van der Waals surface area contributed by atoms with Crippen LogP contribution < -0.4 is 11.4 Å². The summed E-state index contributed by atoms with van der Waals surface area (Å²) in [7, 11) is 1.32. The average Bonchev–Trinajstić information content (AvgIpc) is 3.13. The van der Waals surface area contributed by atoms with Gasteiger partial charge >= 0.3 is 11.7 Å². The summed E-state index contributed by atoms with van der Waals surface area (Å²) in [6.07, 6.45) is 2.89. The zero-order valence-corrected chi connectivity index (χ0v) is 22.7. The molecule has 1 aromatic heterocycles. The molecule has 2 heterocycles. The van der Waals surface area contributed by atoms with Crippen LogP contribution in [0, 0.1) is 0 Å². The van der Waals surface area contributed by atoms with Crippen LogP contribution in [0.25, 0.3) is 11.0 Å². The van der Waals surface area contributed by atoms with Gasteiger partial charge in [-0.1, -0.05) is 12.1 Å². The second kappa shape index (κ2) is 11.1. The summed E-state index contributed by atoms with van der Waals surface area (Å²) in [5.41, 5.74) is 8.54. The summed E-state index contributed by atoms with van der Waals surface area (Å²) < 4.78 is 9.52.